The number of methoxy groups -OCH3 is 1. The Bertz CT molecular complexity index is 461. The van der Waals surface area contributed by atoms with Gasteiger partial charge in [-0.15, -0.1) is 0 Å². The summed E-state index contributed by atoms with van der Waals surface area (Å²) in [5, 5.41) is 2.87. The van der Waals surface area contributed by atoms with Crippen LogP contribution in [0.5, 0.6) is 11.5 Å². The van der Waals surface area contributed by atoms with Crippen molar-refractivity contribution in [1.82, 2.24) is 5.32 Å². The smallest absolute Gasteiger partial charge is 0.246 e. The van der Waals surface area contributed by atoms with Gasteiger partial charge in [0.15, 0.2) is 11.5 Å². The first-order valence-corrected chi connectivity index (χ1v) is 6.87. The first kappa shape index (κ1) is 14.7. The van der Waals surface area contributed by atoms with Crippen LogP contribution in [0.4, 0.5) is 0 Å². The summed E-state index contributed by atoms with van der Waals surface area (Å²) in [5.41, 5.74) is 1.12. The molecule has 2 rings (SSSR count). The van der Waals surface area contributed by atoms with E-state index >= 15 is 0 Å². The third-order valence-corrected chi connectivity index (χ3v) is 3.28. The van der Waals surface area contributed by atoms with Crippen molar-refractivity contribution >= 4 is 5.91 Å². The molecule has 0 aromatic heterocycles. The predicted molar refractivity (Wildman–Crippen MR) is 75.2 cm³/mol. The maximum atomic E-state index is 11.5. The van der Waals surface area contributed by atoms with Gasteiger partial charge in [0.25, 0.3) is 0 Å². The van der Waals surface area contributed by atoms with Gasteiger partial charge in [-0.1, -0.05) is 12.1 Å². The van der Waals surface area contributed by atoms with E-state index in [-0.39, 0.29) is 18.4 Å². The van der Waals surface area contributed by atoms with E-state index in [0.29, 0.717) is 19.8 Å². The fourth-order valence-electron chi connectivity index (χ4n) is 2.25. The summed E-state index contributed by atoms with van der Waals surface area (Å²) >= 11 is 0. The molecule has 0 aliphatic carbocycles. The normalized spacial score (nSPS) is 17.0. The molecule has 110 valence electrons. The second-order valence-corrected chi connectivity index (χ2v) is 4.77. The van der Waals surface area contributed by atoms with Crippen LogP contribution in [0.2, 0.25) is 0 Å². The fraction of sp³-hybridized carbons (Fsp3) is 0.533. The first-order valence-electron chi connectivity index (χ1n) is 6.87. The molecular weight excluding hydrogens is 258 g/mol. The topological polar surface area (TPSA) is 56.8 Å². The largest absolute Gasteiger partial charge is 0.493 e. The number of rotatable bonds is 6. The zero-order valence-electron chi connectivity index (χ0n) is 12.0. The van der Waals surface area contributed by atoms with E-state index in [0.717, 1.165) is 23.5 Å². The highest BCUT2D eigenvalue weighted by Crippen LogP contribution is 2.35. The highest BCUT2D eigenvalue weighted by atomic mass is 16.5. The Morgan fingerprint density at radius 3 is 3.10 bits per heavy atom. The molecule has 1 heterocycles. The fourth-order valence-corrected chi connectivity index (χ4v) is 2.25. The molecule has 0 radical (unpaired) electrons. The molecule has 0 saturated carbocycles. The lowest BCUT2D eigenvalue weighted by molar-refractivity contribution is -0.125. The zero-order chi connectivity index (χ0) is 14.4. The van der Waals surface area contributed by atoms with E-state index in [1.54, 1.807) is 7.11 Å². The highest BCUT2D eigenvalue weighted by Gasteiger charge is 2.22. The van der Waals surface area contributed by atoms with E-state index in [9.17, 15) is 4.79 Å². The summed E-state index contributed by atoms with van der Waals surface area (Å²) in [7, 11) is 1.64. The molecule has 20 heavy (non-hydrogen) atoms. The molecule has 1 aromatic carbocycles. The number of nitrogens with one attached hydrogen (secondary N) is 1. The van der Waals surface area contributed by atoms with Crippen molar-refractivity contribution in [3.63, 3.8) is 0 Å². The average molecular weight is 279 g/mol. The number of hydrogen-bond donors (Lipinski definition) is 1. The summed E-state index contributed by atoms with van der Waals surface area (Å²) < 4.78 is 16.1. The van der Waals surface area contributed by atoms with Crippen LogP contribution in [-0.2, 0) is 16.0 Å². The van der Waals surface area contributed by atoms with Gasteiger partial charge in [-0.25, -0.2) is 0 Å². The van der Waals surface area contributed by atoms with E-state index in [4.69, 9.17) is 14.2 Å². The lowest BCUT2D eigenvalue weighted by Crippen LogP contribution is -2.36. The molecule has 1 aliphatic rings. The van der Waals surface area contributed by atoms with Gasteiger partial charge >= 0.3 is 0 Å². The van der Waals surface area contributed by atoms with Gasteiger partial charge in [0.05, 0.1) is 13.7 Å². The van der Waals surface area contributed by atoms with Crippen LogP contribution in [0.15, 0.2) is 18.2 Å². The van der Waals surface area contributed by atoms with Crippen molar-refractivity contribution < 1.29 is 19.0 Å². The van der Waals surface area contributed by atoms with Crippen LogP contribution in [0.1, 0.15) is 12.5 Å². The number of carbonyl (C=O) groups excluding carboxylic acids is 1. The minimum absolute atomic E-state index is 0.0803. The zero-order valence-corrected chi connectivity index (χ0v) is 12.0. The van der Waals surface area contributed by atoms with Gasteiger partial charge in [-0.05, 0) is 25.0 Å². The number of benzene rings is 1. The Balaban J connectivity index is 1.87. The van der Waals surface area contributed by atoms with Gasteiger partial charge in [-0.3, -0.25) is 4.79 Å². The van der Waals surface area contributed by atoms with Gasteiger partial charge in [0, 0.05) is 19.1 Å². The van der Waals surface area contributed by atoms with Crippen LogP contribution in [0, 0.1) is 5.92 Å². The quantitative estimate of drug-likeness (QED) is 0.855. The van der Waals surface area contributed by atoms with E-state index in [1.807, 2.05) is 25.1 Å². The molecule has 1 unspecified atom stereocenters. The molecule has 5 heteroatoms. The maximum absolute atomic E-state index is 11.5. The van der Waals surface area contributed by atoms with Crippen molar-refractivity contribution in [2.75, 3.05) is 33.5 Å². The highest BCUT2D eigenvalue weighted by molar-refractivity contribution is 5.77. The van der Waals surface area contributed by atoms with Crippen LogP contribution < -0.4 is 14.8 Å². The monoisotopic (exact) mass is 279 g/mol. The molecule has 1 aliphatic heterocycles. The van der Waals surface area contributed by atoms with Crippen molar-refractivity contribution in [3.8, 4) is 11.5 Å². The summed E-state index contributed by atoms with van der Waals surface area (Å²) in [4.78, 5) is 11.5. The second-order valence-electron chi connectivity index (χ2n) is 4.77. The maximum Gasteiger partial charge on any atom is 0.246 e. The molecular formula is C15H21NO4. The number of amides is 1. The Labute approximate surface area is 119 Å². The van der Waals surface area contributed by atoms with Crippen LogP contribution in [0.3, 0.4) is 0 Å². The lowest BCUT2D eigenvalue weighted by Gasteiger charge is -2.26. The van der Waals surface area contributed by atoms with Crippen molar-refractivity contribution in [2.45, 2.75) is 13.3 Å². The third-order valence-electron chi connectivity index (χ3n) is 3.28. The summed E-state index contributed by atoms with van der Waals surface area (Å²) in [5.74, 6) is 1.79. The number of ether oxygens (including phenoxy) is 3. The van der Waals surface area contributed by atoms with E-state index < -0.39 is 0 Å². The van der Waals surface area contributed by atoms with Gasteiger partial charge in [0.1, 0.15) is 6.61 Å². The van der Waals surface area contributed by atoms with Crippen molar-refractivity contribution in [3.05, 3.63) is 23.8 Å². The molecule has 0 bridgehead atoms. The first-order chi connectivity index (χ1) is 9.74. The molecule has 1 atom stereocenters. The minimum Gasteiger partial charge on any atom is -0.493 e. The lowest BCUT2D eigenvalue weighted by atomic mass is 9.96. The Kier molecular flexibility index (Phi) is 5.24. The van der Waals surface area contributed by atoms with Crippen LogP contribution in [-0.4, -0.2) is 39.4 Å². The molecule has 1 amide bonds. The minimum atomic E-state index is -0.0803. The van der Waals surface area contributed by atoms with Crippen molar-refractivity contribution in [2.24, 2.45) is 5.92 Å². The van der Waals surface area contributed by atoms with Crippen LogP contribution in [0.25, 0.3) is 0 Å². The molecule has 0 saturated heterocycles. The third kappa shape index (κ3) is 3.63. The molecule has 0 spiro atoms. The number of para-hydroxylation sites is 1. The van der Waals surface area contributed by atoms with Gasteiger partial charge in [0.2, 0.25) is 5.91 Å². The van der Waals surface area contributed by atoms with E-state index in [2.05, 4.69) is 5.32 Å². The van der Waals surface area contributed by atoms with Gasteiger partial charge < -0.3 is 19.5 Å². The number of carbonyl (C=O) groups is 1. The van der Waals surface area contributed by atoms with Crippen molar-refractivity contribution in [1.29, 1.82) is 0 Å². The Hall–Kier alpha value is -1.75. The Morgan fingerprint density at radius 2 is 2.35 bits per heavy atom. The molecule has 0 fully saturated rings. The van der Waals surface area contributed by atoms with Gasteiger partial charge in [-0.2, -0.15) is 0 Å². The Morgan fingerprint density at radius 1 is 1.50 bits per heavy atom. The summed E-state index contributed by atoms with van der Waals surface area (Å²) in [6, 6.07) is 5.88. The second kappa shape index (κ2) is 7.14. The summed E-state index contributed by atoms with van der Waals surface area (Å²) in [6.07, 6.45) is 0.876. The summed E-state index contributed by atoms with van der Waals surface area (Å²) in [6.45, 7) is 3.72. The van der Waals surface area contributed by atoms with E-state index in [1.165, 1.54) is 0 Å². The predicted octanol–water partition coefficient (Wildman–Crippen LogP) is 1.40. The molecule has 5 nitrogen and oxygen atoms in total. The molecule has 1 aromatic rings. The standard InChI is InChI=1S/C15H21NO4/c1-3-19-10-14(17)16-8-11-7-12-5-4-6-13(18-2)15(12)20-9-11/h4-6,11H,3,7-10H2,1-2H3,(H,16,17). The SMILES string of the molecule is CCOCC(=O)NCC1COc2c(cccc2OC)C1. The number of fused-ring (bicyclic) bond motifs is 1. The molecule has 1 N–H and O–H groups in total. The van der Waals surface area contributed by atoms with Crippen LogP contribution >= 0.6 is 0 Å². The average Bonchev–Trinajstić information content (AvgIpc) is 2.49. The number of hydrogen-bond acceptors (Lipinski definition) is 4.